The van der Waals surface area contributed by atoms with Gasteiger partial charge in [-0.15, -0.1) is 0 Å². The molecule has 0 unspecified atom stereocenters. The highest BCUT2D eigenvalue weighted by molar-refractivity contribution is 5.81. The van der Waals surface area contributed by atoms with Crippen LogP contribution in [0.2, 0.25) is 0 Å². The van der Waals surface area contributed by atoms with Crippen LogP contribution in [0.25, 0.3) is 0 Å². The van der Waals surface area contributed by atoms with Crippen LogP contribution in [-0.2, 0) is 19.7 Å². The number of nitrogens with zero attached hydrogens (tertiary/aromatic N) is 1. The number of hydrogen-bond acceptors (Lipinski definition) is 5. The van der Waals surface area contributed by atoms with Crippen LogP contribution >= 0.6 is 0 Å². The lowest BCUT2D eigenvalue weighted by molar-refractivity contribution is -0.150. The summed E-state index contributed by atoms with van der Waals surface area (Å²) < 4.78 is 10.3. The van der Waals surface area contributed by atoms with E-state index in [1.807, 2.05) is 12.1 Å². The highest BCUT2D eigenvalue weighted by Crippen LogP contribution is 2.27. The van der Waals surface area contributed by atoms with Crippen molar-refractivity contribution in [3.63, 3.8) is 0 Å². The molecule has 1 aromatic rings. The van der Waals surface area contributed by atoms with Gasteiger partial charge in [0.1, 0.15) is 11.3 Å². The normalized spacial score (nSPS) is 16.1. The monoisotopic (exact) mass is 372 g/mol. The minimum absolute atomic E-state index is 0.0456. The number of carbonyl (C=O) groups excluding carboxylic acids is 2. The Morgan fingerprint density at radius 1 is 1.11 bits per heavy atom. The smallest absolute Gasteiger partial charge is 0.344 e. The van der Waals surface area contributed by atoms with Crippen LogP contribution in [0.1, 0.15) is 58.4 Å². The number of carbonyl (C=O) groups is 2. The summed E-state index contributed by atoms with van der Waals surface area (Å²) in [5.41, 5.74) is 0.389. The van der Waals surface area contributed by atoms with E-state index in [2.05, 4.69) is 32.2 Å². The summed E-state index contributed by atoms with van der Waals surface area (Å²) in [7, 11) is 0. The maximum absolute atomic E-state index is 12.0. The number of benzene rings is 1. The van der Waals surface area contributed by atoms with Crippen LogP contribution in [0, 0.1) is 11.3 Å². The SMILES string of the molecule is CC(C)(C)c1ccc(OCC(=O)OCC(=O)NC2(C#N)CCCCC2)cc1. The van der Waals surface area contributed by atoms with Gasteiger partial charge in [-0.3, -0.25) is 4.79 Å². The van der Waals surface area contributed by atoms with Crippen LogP contribution in [0.3, 0.4) is 0 Å². The maximum atomic E-state index is 12.0. The van der Waals surface area contributed by atoms with Crippen molar-refractivity contribution in [2.75, 3.05) is 13.2 Å². The molecule has 0 aromatic heterocycles. The molecule has 0 atom stereocenters. The molecule has 1 saturated carbocycles. The Morgan fingerprint density at radius 3 is 2.30 bits per heavy atom. The zero-order valence-electron chi connectivity index (χ0n) is 16.3. The average Bonchev–Trinajstić information content (AvgIpc) is 2.65. The van der Waals surface area contributed by atoms with Gasteiger partial charge in [0, 0.05) is 0 Å². The Morgan fingerprint density at radius 2 is 1.74 bits per heavy atom. The van der Waals surface area contributed by atoms with Crippen LogP contribution in [0.15, 0.2) is 24.3 Å². The minimum atomic E-state index is -0.826. The lowest BCUT2D eigenvalue weighted by atomic mass is 9.83. The Hall–Kier alpha value is -2.55. The standard InChI is InChI=1S/C21H28N2O4/c1-20(2,3)16-7-9-17(10-8-16)26-14-19(25)27-13-18(24)23-21(15-22)11-5-4-6-12-21/h7-10H,4-6,11-14H2,1-3H3,(H,23,24). The zero-order chi connectivity index (χ0) is 19.9. The Kier molecular flexibility index (Phi) is 6.84. The van der Waals surface area contributed by atoms with Crippen molar-refractivity contribution in [1.82, 2.24) is 5.32 Å². The fraction of sp³-hybridized carbons (Fsp3) is 0.571. The number of rotatable bonds is 6. The van der Waals surface area contributed by atoms with Crippen LogP contribution in [0.5, 0.6) is 5.75 Å². The Bertz CT molecular complexity index is 692. The minimum Gasteiger partial charge on any atom is -0.482 e. The van der Waals surface area contributed by atoms with Gasteiger partial charge >= 0.3 is 5.97 Å². The molecule has 0 bridgehead atoms. The molecule has 6 heteroatoms. The van der Waals surface area contributed by atoms with Crippen LogP contribution in [0.4, 0.5) is 0 Å². The van der Waals surface area contributed by atoms with Gasteiger partial charge in [-0.1, -0.05) is 52.2 Å². The third kappa shape index (κ3) is 6.28. The van der Waals surface area contributed by atoms with E-state index < -0.39 is 24.0 Å². The van der Waals surface area contributed by atoms with Crippen molar-refractivity contribution < 1.29 is 19.1 Å². The molecule has 1 fully saturated rings. The zero-order valence-corrected chi connectivity index (χ0v) is 16.3. The summed E-state index contributed by atoms with van der Waals surface area (Å²) in [5, 5.41) is 12.1. The number of amides is 1. The predicted molar refractivity (Wildman–Crippen MR) is 101 cm³/mol. The topological polar surface area (TPSA) is 88.4 Å². The Balaban J connectivity index is 1.74. The first-order chi connectivity index (χ1) is 12.7. The molecular formula is C21H28N2O4. The number of ether oxygens (including phenoxy) is 2. The molecule has 0 aliphatic heterocycles. The first-order valence-corrected chi connectivity index (χ1v) is 9.35. The number of nitriles is 1. The van der Waals surface area contributed by atoms with E-state index >= 15 is 0 Å². The van der Waals surface area contributed by atoms with E-state index in [0.717, 1.165) is 19.3 Å². The lowest BCUT2D eigenvalue weighted by Gasteiger charge is -2.31. The summed E-state index contributed by atoms with van der Waals surface area (Å²) in [6.07, 6.45) is 4.17. The summed E-state index contributed by atoms with van der Waals surface area (Å²) in [5.74, 6) is -0.518. The quantitative estimate of drug-likeness (QED) is 0.775. The van der Waals surface area contributed by atoms with E-state index in [0.29, 0.717) is 18.6 Å². The molecule has 1 aliphatic carbocycles. The molecule has 1 amide bonds. The van der Waals surface area contributed by atoms with Gasteiger partial charge in [-0.25, -0.2) is 4.79 Å². The molecule has 0 heterocycles. The van der Waals surface area contributed by atoms with Crippen molar-refractivity contribution in [3.05, 3.63) is 29.8 Å². The summed E-state index contributed by atoms with van der Waals surface area (Å²) in [4.78, 5) is 23.8. The highest BCUT2D eigenvalue weighted by atomic mass is 16.6. The third-order valence-electron chi connectivity index (χ3n) is 4.74. The second kappa shape index (κ2) is 8.90. The predicted octanol–water partition coefficient (Wildman–Crippen LogP) is 3.25. The van der Waals surface area contributed by atoms with E-state index in [1.54, 1.807) is 12.1 Å². The highest BCUT2D eigenvalue weighted by Gasteiger charge is 2.33. The van der Waals surface area contributed by atoms with Gasteiger partial charge in [0.25, 0.3) is 5.91 Å². The van der Waals surface area contributed by atoms with Gasteiger partial charge < -0.3 is 14.8 Å². The average molecular weight is 372 g/mol. The number of nitrogens with one attached hydrogen (secondary N) is 1. The van der Waals surface area contributed by atoms with Crippen molar-refractivity contribution >= 4 is 11.9 Å². The molecule has 6 nitrogen and oxygen atoms in total. The maximum Gasteiger partial charge on any atom is 0.344 e. The molecule has 1 N–H and O–H groups in total. The first-order valence-electron chi connectivity index (χ1n) is 9.35. The number of esters is 1. The molecule has 0 spiro atoms. The fourth-order valence-electron chi connectivity index (χ4n) is 3.10. The first kappa shape index (κ1) is 20.8. The van der Waals surface area contributed by atoms with Gasteiger partial charge in [0.15, 0.2) is 13.2 Å². The molecule has 27 heavy (non-hydrogen) atoms. The van der Waals surface area contributed by atoms with Gasteiger partial charge in [0.05, 0.1) is 6.07 Å². The molecule has 0 saturated heterocycles. The van der Waals surface area contributed by atoms with E-state index in [1.165, 1.54) is 5.56 Å². The van der Waals surface area contributed by atoms with E-state index in [4.69, 9.17) is 9.47 Å². The molecule has 0 radical (unpaired) electrons. The molecule has 1 aromatic carbocycles. The van der Waals surface area contributed by atoms with Gasteiger partial charge in [-0.05, 0) is 36.0 Å². The fourth-order valence-corrected chi connectivity index (χ4v) is 3.10. The van der Waals surface area contributed by atoms with Crippen molar-refractivity contribution in [3.8, 4) is 11.8 Å². The van der Waals surface area contributed by atoms with Crippen molar-refractivity contribution in [2.24, 2.45) is 0 Å². The molecule has 1 aliphatic rings. The molecular weight excluding hydrogens is 344 g/mol. The third-order valence-corrected chi connectivity index (χ3v) is 4.74. The summed E-state index contributed by atoms with van der Waals surface area (Å²) in [6, 6.07) is 9.73. The van der Waals surface area contributed by atoms with Crippen LogP contribution in [-0.4, -0.2) is 30.6 Å². The van der Waals surface area contributed by atoms with Gasteiger partial charge in [0.2, 0.25) is 0 Å². The second-order valence-electron chi connectivity index (χ2n) is 8.03. The van der Waals surface area contributed by atoms with Crippen molar-refractivity contribution in [1.29, 1.82) is 5.26 Å². The van der Waals surface area contributed by atoms with Gasteiger partial charge in [-0.2, -0.15) is 5.26 Å². The second-order valence-corrected chi connectivity index (χ2v) is 8.03. The molecule has 2 rings (SSSR count). The van der Waals surface area contributed by atoms with Crippen LogP contribution < -0.4 is 10.1 Å². The summed E-state index contributed by atoms with van der Waals surface area (Å²) in [6.45, 7) is 5.68. The van der Waals surface area contributed by atoms with Crippen molar-refractivity contribution in [2.45, 2.75) is 63.8 Å². The Labute approximate surface area is 160 Å². The lowest BCUT2D eigenvalue weighted by Crippen LogP contribution is -2.50. The van der Waals surface area contributed by atoms with E-state index in [9.17, 15) is 14.9 Å². The largest absolute Gasteiger partial charge is 0.482 e. The molecule has 146 valence electrons. The van der Waals surface area contributed by atoms with E-state index in [-0.39, 0.29) is 12.0 Å². The number of hydrogen-bond donors (Lipinski definition) is 1. The summed E-state index contributed by atoms with van der Waals surface area (Å²) >= 11 is 0.